The molecule has 0 radical (unpaired) electrons. The minimum absolute atomic E-state index is 0.545. The van der Waals surface area contributed by atoms with Crippen molar-refractivity contribution in [3.8, 4) is 17.2 Å². The van der Waals surface area contributed by atoms with Gasteiger partial charge in [0.05, 0.1) is 12.2 Å². The van der Waals surface area contributed by atoms with Crippen molar-refractivity contribution in [2.45, 2.75) is 46.0 Å². The largest absolute Gasteiger partial charge is 0.478 e. The third-order valence-corrected chi connectivity index (χ3v) is 7.14. The van der Waals surface area contributed by atoms with Gasteiger partial charge in [-0.05, 0) is 49.9 Å². The van der Waals surface area contributed by atoms with E-state index >= 15 is 0 Å². The maximum Gasteiger partial charge on any atom is 0.347 e. The number of rotatable bonds is 10. The van der Waals surface area contributed by atoms with Gasteiger partial charge >= 0.3 is 5.97 Å². The van der Waals surface area contributed by atoms with Crippen molar-refractivity contribution in [1.29, 1.82) is 0 Å². The summed E-state index contributed by atoms with van der Waals surface area (Å²) in [6.07, 6.45) is 1.82. The fourth-order valence-corrected chi connectivity index (χ4v) is 4.96. The summed E-state index contributed by atoms with van der Waals surface area (Å²) in [5.74, 6) is 0.930. The third-order valence-electron chi connectivity index (χ3n) is 6.38. The molecule has 0 amide bonds. The maximum atomic E-state index is 11.7. The molecule has 2 heterocycles. The summed E-state index contributed by atoms with van der Waals surface area (Å²) in [6, 6.07) is 21.7. The van der Waals surface area contributed by atoms with Gasteiger partial charge in [0, 0.05) is 35.6 Å². The van der Waals surface area contributed by atoms with Crippen LogP contribution in [0.5, 0.6) is 5.75 Å². The standard InChI is InChI=1S/C30H29N3O4S/c1-20-25(32-28(36-20)21-9-5-4-6-10-21)18-33(19-27-31-15-16-38-27)17-22-13-14-26(37-30(2,3)29(34)35)24-12-8-7-11-23(22)24/h4-16H,17-19H2,1-3H3,(H,34,35). The summed E-state index contributed by atoms with van der Waals surface area (Å²) in [7, 11) is 0. The summed E-state index contributed by atoms with van der Waals surface area (Å²) in [5.41, 5.74) is 1.58. The van der Waals surface area contributed by atoms with E-state index in [-0.39, 0.29) is 0 Å². The number of hydrogen-bond donors (Lipinski definition) is 1. The Labute approximate surface area is 225 Å². The van der Waals surface area contributed by atoms with E-state index in [0.29, 0.717) is 31.3 Å². The number of aliphatic carboxylic acids is 1. The normalized spacial score (nSPS) is 11.8. The highest BCUT2D eigenvalue weighted by Gasteiger charge is 2.30. The predicted octanol–water partition coefficient (Wildman–Crippen LogP) is 6.70. The quantitative estimate of drug-likeness (QED) is 0.216. The molecule has 7 nitrogen and oxygen atoms in total. The lowest BCUT2D eigenvalue weighted by Gasteiger charge is -2.25. The highest BCUT2D eigenvalue weighted by Crippen LogP contribution is 2.33. The fraction of sp³-hybridized carbons (Fsp3) is 0.233. The molecule has 2 aromatic heterocycles. The van der Waals surface area contributed by atoms with E-state index in [1.807, 2.05) is 85.2 Å². The highest BCUT2D eigenvalue weighted by atomic mass is 32.1. The van der Waals surface area contributed by atoms with Crippen molar-refractivity contribution in [3.05, 3.63) is 100 Å². The van der Waals surface area contributed by atoms with Gasteiger partial charge in [-0.15, -0.1) is 11.3 Å². The van der Waals surface area contributed by atoms with E-state index in [0.717, 1.165) is 38.4 Å². The first-order valence-corrected chi connectivity index (χ1v) is 13.2. The smallest absolute Gasteiger partial charge is 0.347 e. The average Bonchev–Trinajstić information content (AvgIpc) is 3.55. The molecular formula is C30H29N3O4S. The molecular weight excluding hydrogens is 498 g/mol. The van der Waals surface area contributed by atoms with Crippen LogP contribution in [0.3, 0.4) is 0 Å². The zero-order chi connectivity index (χ0) is 26.7. The molecule has 5 aromatic rings. The fourth-order valence-electron chi connectivity index (χ4n) is 4.30. The molecule has 0 aliphatic heterocycles. The Morgan fingerprint density at radius 1 is 1.00 bits per heavy atom. The lowest BCUT2D eigenvalue weighted by molar-refractivity contribution is -0.152. The second-order valence-electron chi connectivity index (χ2n) is 9.64. The van der Waals surface area contributed by atoms with E-state index in [1.54, 1.807) is 25.2 Å². The van der Waals surface area contributed by atoms with Crippen molar-refractivity contribution in [2.24, 2.45) is 0 Å². The molecule has 0 aliphatic carbocycles. The van der Waals surface area contributed by atoms with Crippen molar-refractivity contribution >= 4 is 28.1 Å². The van der Waals surface area contributed by atoms with Crippen molar-refractivity contribution in [1.82, 2.24) is 14.9 Å². The molecule has 0 spiro atoms. The number of ether oxygens (including phenoxy) is 1. The minimum atomic E-state index is -1.35. The average molecular weight is 528 g/mol. The Morgan fingerprint density at radius 3 is 2.45 bits per heavy atom. The van der Waals surface area contributed by atoms with Gasteiger partial charge in [-0.1, -0.05) is 48.5 Å². The van der Waals surface area contributed by atoms with Gasteiger partial charge in [0.2, 0.25) is 5.89 Å². The molecule has 5 rings (SSSR count). The predicted molar refractivity (Wildman–Crippen MR) is 148 cm³/mol. The van der Waals surface area contributed by atoms with Gasteiger partial charge in [0.15, 0.2) is 5.60 Å². The molecule has 3 aromatic carbocycles. The van der Waals surface area contributed by atoms with E-state index in [2.05, 4.69) is 9.88 Å². The van der Waals surface area contributed by atoms with Crippen LogP contribution in [-0.4, -0.2) is 31.5 Å². The second kappa shape index (κ2) is 10.8. The molecule has 0 bridgehead atoms. The molecule has 8 heteroatoms. The topological polar surface area (TPSA) is 88.7 Å². The number of aromatic nitrogens is 2. The van der Waals surface area contributed by atoms with Crippen LogP contribution >= 0.6 is 11.3 Å². The number of benzene rings is 3. The van der Waals surface area contributed by atoms with Gasteiger partial charge < -0.3 is 14.3 Å². The van der Waals surface area contributed by atoms with Gasteiger partial charge in [0.25, 0.3) is 0 Å². The van der Waals surface area contributed by atoms with Crippen LogP contribution in [-0.2, 0) is 24.4 Å². The Bertz CT molecular complexity index is 1540. The first-order valence-electron chi connectivity index (χ1n) is 12.4. The number of carbonyl (C=O) groups is 1. The summed E-state index contributed by atoms with van der Waals surface area (Å²) in [6.45, 7) is 6.93. The van der Waals surface area contributed by atoms with Gasteiger partial charge in [0.1, 0.15) is 16.5 Å². The number of oxazole rings is 1. The Balaban J connectivity index is 1.46. The molecule has 0 atom stereocenters. The summed E-state index contributed by atoms with van der Waals surface area (Å²) in [5, 5.41) is 14.4. The zero-order valence-corrected chi connectivity index (χ0v) is 22.4. The Morgan fingerprint density at radius 2 is 1.74 bits per heavy atom. The molecule has 38 heavy (non-hydrogen) atoms. The van der Waals surface area contributed by atoms with Crippen LogP contribution in [0, 0.1) is 6.92 Å². The number of nitrogens with zero attached hydrogens (tertiary/aromatic N) is 3. The number of fused-ring (bicyclic) bond motifs is 1. The number of carboxylic acid groups (broad SMARTS) is 1. The molecule has 1 N–H and O–H groups in total. The number of carboxylic acids is 1. The first kappa shape index (κ1) is 25.6. The van der Waals surface area contributed by atoms with Gasteiger partial charge in [-0.25, -0.2) is 14.8 Å². The molecule has 0 unspecified atom stereocenters. The number of aryl methyl sites for hydroxylation is 1. The Hall–Kier alpha value is -4.01. The van der Waals surface area contributed by atoms with Crippen LogP contribution in [0.2, 0.25) is 0 Å². The van der Waals surface area contributed by atoms with Crippen molar-refractivity contribution in [3.63, 3.8) is 0 Å². The lowest BCUT2D eigenvalue weighted by atomic mass is 10.0. The van der Waals surface area contributed by atoms with Crippen LogP contribution in [0.1, 0.15) is 35.9 Å². The van der Waals surface area contributed by atoms with E-state index < -0.39 is 11.6 Å². The number of hydrogen-bond acceptors (Lipinski definition) is 7. The second-order valence-corrected chi connectivity index (χ2v) is 10.6. The summed E-state index contributed by atoms with van der Waals surface area (Å²) < 4.78 is 12.0. The van der Waals surface area contributed by atoms with E-state index in [1.165, 1.54) is 0 Å². The first-order chi connectivity index (χ1) is 18.3. The van der Waals surface area contributed by atoms with Crippen LogP contribution in [0.25, 0.3) is 22.2 Å². The summed E-state index contributed by atoms with van der Waals surface area (Å²) >= 11 is 1.62. The summed E-state index contributed by atoms with van der Waals surface area (Å²) in [4.78, 5) is 23.3. The maximum absolute atomic E-state index is 11.7. The van der Waals surface area contributed by atoms with Gasteiger partial charge in [-0.2, -0.15) is 0 Å². The van der Waals surface area contributed by atoms with Crippen molar-refractivity contribution < 1.29 is 19.1 Å². The van der Waals surface area contributed by atoms with Crippen LogP contribution in [0.4, 0.5) is 0 Å². The van der Waals surface area contributed by atoms with Crippen LogP contribution < -0.4 is 4.74 Å². The Kier molecular flexibility index (Phi) is 7.26. The SMILES string of the molecule is Cc1oc(-c2ccccc2)nc1CN(Cc1nccs1)Cc1ccc(OC(C)(C)C(=O)O)c2ccccc12. The number of thiazole rings is 1. The van der Waals surface area contributed by atoms with Crippen molar-refractivity contribution in [2.75, 3.05) is 0 Å². The lowest BCUT2D eigenvalue weighted by Crippen LogP contribution is -2.37. The molecule has 194 valence electrons. The molecule has 0 fully saturated rings. The molecule has 0 saturated heterocycles. The zero-order valence-electron chi connectivity index (χ0n) is 21.5. The molecule has 0 aliphatic rings. The van der Waals surface area contributed by atoms with Crippen LogP contribution in [0.15, 0.2) is 82.7 Å². The third kappa shape index (κ3) is 5.61. The van der Waals surface area contributed by atoms with E-state index in [4.69, 9.17) is 14.1 Å². The molecule has 0 saturated carbocycles. The van der Waals surface area contributed by atoms with Gasteiger partial charge in [-0.3, -0.25) is 4.90 Å². The highest BCUT2D eigenvalue weighted by molar-refractivity contribution is 7.09. The van der Waals surface area contributed by atoms with E-state index in [9.17, 15) is 9.90 Å². The minimum Gasteiger partial charge on any atom is -0.478 e. The monoisotopic (exact) mass is 527 g/mol.